The largest absolute Gasteiger partial charge is 0.349 e. The second kappa shape index (κ2) is 4.37. The van der Waals surface area contributed by atoms with Gasteiger partial charge < -0.3 is 5.32 Å². The minimum atomic E-state index is -0.513. The molecule has 1 amide bonds. The first-order chi connectivity index (χ1) is 8.10. The first-order valence-electron chi connectivity index (χ1n) is 5.33. The molecule has 0 radical (unpaired) electrons. The van der Waals surface area contributed by atoms with Crippen molar-refractivity contribution in [1.29, 1.82) is 0 Å². The molecular formula is C12H12N2O3. The summed E-state index contributed by atoms with van der Waals surface area (Å²) in [6, 6.07) is 4.50. The van der Waals surface area contributed by atoms with Crippen LogP contribution < -0.4 is 5.32 Å². The number of benzene rings is 1. The summed E-state index contributed by atoms with van der Waals surface area (Å²) >= 11 is 0. The molecule has 5 heteroatoms. The van der Waals surface area contributed by atoms with Crippen LogP contribution in [-0.2, 0) is 0 Å². The Morgan fingerprint density at radius 2 is 2.18 bits per heavy atom. The first kappa shape index (κ1) is 11.3. The molecule has 0 aromatic heterocycles. The maximum Gasteiger partial charge on any atom is 0.270 e. The third kappa shape index (κ3) is 2.69. The summed E-state index contributed by atoms with van der Waals surface area (Å²) in [6.45, 7) is 3.55. The van der Waals surface area contributed by atoms with Gasteiger partial charge in [-0.3, -0.25) is 14.9 Å². The van der Waals surface area contributed by atoms with Gasteiger partial charge in [0.1, 0.15) is 0 Å². The number of carbonyl (C=O) groups excluding carboxylic acids is 1. The highest BCUT2D eigenvalue weighted by atomic mass is 16.6. The van der Waals surface area contributed by atoms with Crippen LogP contribution in [0.2, 0.25) is 0 Å². The molecule has 0 saturated heterocycles. The number of nitrogens with zero attached hydrogens (tertiary/aromatic N) is 1. The van der Waals surface area contributed by atoms with Crippen molar-refractivity contribution in [3.8, 4) is 0 Å². The third-order valence-corrected chi connectivity index (χ3v) is 2.56. The molecule has 1 fully saturated rings. The molecule has 88 valence electrons. The second-order valence-corrected chi connectivity index (χ2v) is 4.02. The molecule has 1 N–H and O–H groups in total. The highest BCUT2D eigenvalue weighted by Crippen LogP contribution is 2.21. The number of nitro benzene ring substituents is 1. The topological polar surface area (TPSA) is 72.2 Å². The van der Waals surface area contributed by atoms with Crippen LogP contribution in [-0.4, -0.2) is 16.9 Å². The van der Waals surface area contributed by atoms with Crippen LogP contribution >= 0.6 is 0 Å². The molecule has 1 aromatic rings. The maximum atomic E-state index is 11.8. The smallest absolute Gasteiger partial charge is 0.270 e. The molecule has 1 saturated carbocycles. The quantitative estimate of drug-likeness (QED) is 0.638. The Morgan fingerprint density at radius 1 is 1.47 bits per heavy atom. The number of nitro groups is 1. The first-order valence-corrected chi connectivity index (χ1v) is 5.33. The monoisotopic (exact) mass is 232 g/mol. The zero-order valence-electron chi connectivity index (χ0n) is 9.18. The highest BCUT2D eigenvalue weighted by molar-refractivity contribution is 5.95. The SMILES string of the molecule is C=Cc1cc(C(=O)NC2CC2)cc([N+](=O)[O-])c1. The maximum absolute atomic E-state index is 11.8. The zero-order chi connectivity index (χ0) is 12.4. The summed E-state index contributed by atoms with van der Waals surface area (Å²) in [5.41, 5.74) is 0.782. The van der Waals surface area contributed by atoms with Crippen molar-refractivity contribution in [3.05, 3.63) is 46.0 Å². The molecule has 5 nitrogen and oxygen atoms in total. The van der Waals surface area contributed by atoms with Gasteiger partial charge in [0.2, 0.25) is 0 Å². The Morgan fingerprint density at radius 3 is 2.71 bits per heavy atom. The van der Waals surface area contributed by atoms with E-state index in [-0.39, 0.29) is 17.6 Å². The van der Waals surface area contributed by atoms with E-state index in [0.717, 1.165) is 12.8 Å². The lowest BCUT2D eigenvalue weighted by atomic mass is 10.1. The van der Waals surface area contributed by atoms with Gasteiger partial charge in [-0.25, -0.2) is 0 Å². The summed E-state index contributed by atoms with van der Waals surface area (Å²) in [7, 11) is 0. The molecule has 17 heavy (non-hydrogen) atoms. The lowest BCUT2D eigenvalue weighted by Gasteiger charge is -2.04. The predicted molar refractivity (Wildman–Crippen MR) is 63.7 cm³/mol. The minimum absolute atomic E-state index is 0.0941. The highest BCUT2D eigenvalue weighted by Gasteiger charge is 2.24. The molecule has 2 rings (SSSR count). The lowest BCUT2D eigenvalue weighted by molar-refractivity contribution is -0.384. The molecule has 1 aromatic carbocycles. The van der Waals surface area contributed by atoms with E-state index in [1.54, 1.807) is 6.07 Å². The standard InChI is InChI=1S/C12H12N2O3/c1-2-8-5-9(7-11(6-8)14(16)17)12(15)13-10-3-4-10/h2,5-7,10H,1,3-4H2,(H,13,15). The fraction of sp³-hybridized carbons (Fsp3) is 0.250. The Hall–Kier alpha value is -2.17. The van der Waals surface area contributed by atoms with E-state index in [0.29, 0.717) is 11.1 Å². The number of nitrogens with one attached hydrogen (secondary N) is 1. The van der Waals surface area contributed by atoms with Crippen LogP contribution in [0.15, 0.2) is 24.8 Å². The van der Waals surface area contributed by atoms with Crippen molar-refractivity contribution >= 4 is 17.7 Å². The van der Waals surface area contributed by atoms with Crippen LogP contribution in [0.4, 0.5) is 5.69 Å². The van der Waals surface area contributed by atoms with Crippen LogP contribution in [0.5, 0.6) is 0 Å². The van der Waals surface area contributed by atoms with Gasteiger partial charge in [0.25, 0.3) is 11.6 Å². The number of hydrogen-bond donors (Lipinski definition) is 1. The molecule has 1 aliphatic carbocycles. The van der Waals surface area contributed by atoms with Crippen molar-refractivity contribution in [2.45, 2.75) is 18.9 Å². The lowest BCUT2D eigenvalue weighted by Crippen LogP contribution is -2.25. The van der Waals surface area contributed by atoms with Gasteiger partial charge >= 0.3 is 0 Å². The van der Waals surface area contributed by atoms with E-state index < -0.39 is 4.92 Å². The summed E-state index contributed by atoms with van der Waals surface area (Å²) in [5.74, 6) is -0.265. The van der Waals surface area contributed by atoms with Crippen molar-refractivity contribution in [1.82, 2.24) is 5.32 Å². The Bertz CT molecular complexity index is 493. The second-order valence-electron chi connectivity index (χ2n) is 4.02. The van der Waals surface area contributed by atoms with Gasteiger partial charge in [-0.2, -0.15) is 0 Å². The van der Waals surface area contributed by atoms with E-state index in [9.17, 15) is 14.9 Å². The third-order valence-electron chi connectivity index (χ3n) is 2.56. The number of amides is 1. The average molecular weight is 232 g/mol. The van der Waals surface area contributed by atoms with E-state index >= 15 is 0 Å². The van der Waals surface area contributed by atoms with Crippen molar-refractivity contribution in [2.75, 3.05) is 0 Å². The molecular weight excluding hydrogens is 220 g/mol. The van der Waals surface area contributed by atoms with E-state index in [1.807, 2.05) is 0 Å². The van der Waals surface area contributed by atoms with Crippen LogP contribution in [0.3, 0.4) is 0 Å². The van der Waals surface area contributed by atoms with Crippen molar-refractivity contribution in [3.63, 3.8) is 0 Å². The molecule has 0 atom stereocenters. The number of hydrogen-bond acceptors (Lipinski definition) is 3. The normalized spacial score (nSPS) is 14.1. The molecule has 0 bridgehead atoms. The van der Waals surface area contributed by atoms with Gasteiger partial charge in [0.05, 0.1) is 4.92 Å². The molecule has 0 heterocycles. The van der Waals surface area contributed by atoms with E-state index in [1.165, 1.54) is 18.2 Å². The van der Waals surface area contributed by atoms with Crippen LogP contribution in [0, 0.1) is 10.1 Å². The predicted octanol–water partition coefficient (Wildman–Crippen LogP) is 2.13. The Kier molecular flexibility index (Phi) is 2.91. The Labute approximate surface area is 98.3 Å². The van der Waals surface area contributed by atoms with Gasteiger partial charge in [-0.15, -0.1) is 0 Å². The molecule has 0 aliphatic heterocycles. The average Bonchev–Trinajstić information content (AvgIpc) is 3.12. The van der Waals surface area contributed by atoms with Gasteiger partial charge in [-0.05, 0) is 24.5 Å². The van der Waals surface area contributed by atoms with Crippen LogP contribution in [0.25, 0.3) is 6.08 Å². The Balaban J connectivity index is 2.30. The minimum Gasteiger partial charge on any atom is -0.349 e. The summed E-state index contributed by atoms with van der Waals surface area (Å²) < 4.78 is 0. The molecule has 0 spiro atoms. The summed E-state index contributed by atoms with van der Waals surface area (Å²) in [5, 5.41) is 13.5. The number of non-ortho nitro benzene ring substituents is 1. The fourth-order valence-corrected chi connectivity index (χ4v) is 1.49. The van der Waals surface area contributed by atoms with Gasteiger partial charge in [-0.1, -0.05) is 12.7 Å². The van der Waals surface area contributed by atoms with Crippen molar-refractivity contribution in [2.24, 2.45) is 0 Å². The van der Waals surface area contributed by atoms with E-state index in [4.69, 9.17) is 0 Å². The number of rotatable bonds is 4. The van der Waals surface area contributed by atoms with Gasteiger partial charge in [0.15, 0.2) is 0 Å². The van der Waals surface area contributed by atoms with E-state index in [2.05, 4.69) is 11.9 Å². The zero-order valence-corrected chi connectivity index (χ0v) is 9.18. The van der Waals surface area contributed by atoms with Crippen LogP contribution in [0.1, 0.15) is 28.8 Å². The molecule has 1 aliphatic rings. The fourth-order valence-electron chi connectivity index (χ4n) is 1.49. The van der Waals surface area contributed by atoms with Crippen molar-refractivity contribution < 1.29 is 9.72 Å². The number of carbonyl (C=O) groups is 1. The summed E-state index contributed by atoms with van der Waals surface area (Å²) in [4.78, 5) is 22.0. The summed E-state index contributed by atoms with van der Waals surface area (Å²) in [6.07, 6.45) is 3.45. The van der Waals surface area contributed by atoms with Gasteiger partial charge in [0, 0.05) is 23.7 Å². The molecule has 0 unspecified atom stereocenters.